The maximum Gasteiger partial charge on any atom is 0.137 e. The lowest BCUT2D eigenvalue weighted by Gasteiger charge is -2.14. The number of benzene rings is 8. The van der Waals surface area contributed by atoms with Crippen LogP contribution in [0.5, 0.6) is 0 Å². The Morgan fingerprint density at radius 2 is 1.04 bits per heavy atom. The highest BCUT2D eigenvalue weighted by atomic mass is 16.3. The van der Waals surface area contributed by atoms with E-state index in [9.17, 15) is 0 Å². The SMILES string of the molecule is c1ccc(-c2nnn(-c3ccccc3)c2-c2cccc3c2c2ccccc2n3-c2cccc(-n3c4ccccc4c4ccc5oc6ccccc6c5c43)c2)cc1. The molecule has 0 saturated heterocycles. The Bertz CT molecular complexity index is 3420. The summed E-state index contributed by atoms with van der Waals surface area (Å²) in [4.78, 5) is 0. The molecule has 0 unspecified atom stereocenters. The fourth-order valence-corrected chi connectivity index (χ4v) is 8.86. The van der Waals surface area contributed by atoms with Crippen LogP contribution in [0.3, 0.4) is 0 Å². The molecule has 0 saturated carbocycles. The van der Waals surface area contributed by atoms with Gasteiger partial charge in [-0.05, 0) is 66.7 Å². The van der Waals surface area contributed by atoms with Gasteiger partial charge in [-0.3, -0.25) is 0 Å². The lowest BCUT2D eigenvalue weighted by molar-refractivity contribution is 0.669. The molecule has 0 aliphatic carbocycles. The molecule has 0 N–H and O–H groups in total. The second-order valence-electron chi connectivity index (χ2n) is 14.3. The van der Waals surface area contributed by atoms with Crippen molar-refractivity contribution in [1.82, 2.24) is 24.1 Å². The fourth-order valence-electron chi connectivity index (χ4n) is 8.86. The molecule has 4 heterocycles. The molecule has 0 atom stereocenters. The summed E-state index contributed by atoms with van der Waals surface area (Å²) < 4.78 is 13.2. The lowest BCUT2D eigenvalue weighted by atomic mass is 9.99. The summed E-state index contributed by atoms with van der Waals surface area (Å²) >= 11 is 0. The highest BCUT2D eigenvalue weighted by molar-refractivity contribution is 6.24. The molecule has 6 heteroatoms. The van der Waals surface area contributed by atoms with Crippen LogP contribution >= 0.6 is 0 Å². The first-order chi connectivity index (χ1) is 27.8. The monoisotopic (exact) mass is 717 g/mol. The maximum absolute atomic E-state index is 6.41. The second-order valence-corrected chi connectivity index (χ2v) is 14.3. The van der Waals surface area contributed by atoms with Crippen molar-refractivity contribution in [2.45, 2.75) is 0 Å². The van der Waals surface area contributed by atoms with Crippen LogP contribution in [0.2, 0.25) is 0 Å². The van der Waals surface area contributed by atoms with Crippen molar-refractivity contribution in [1.29, 1.82) is 0 Å². The minimum atomic E-state index is 0.838. The van der Waals surface area contributed by atoms with Crippen molar-refractivity contribution >= 4 is 65.6 Å². The van der Waals surface area contributed by atoms with Gasteiger partial charge in [-0.2, -0.15) is 0 Å². The third-order valence-electron chi connectivity index (χ3n) is 11.2. The number of para-hydroxylation sites is 4. The molecular weight excluding hydrogens is 687 g/mol. The first-order valence-corrected chi connectivity index (χ1v) is 18.9. The summed E-state index contributed by atoms with van der Waals surface area (Å²) in [6.07, 6.45) is 0. The van der Waals surface area contributed by atoms with Crippen molar-refractivity contribution in [3.63, 3.8) is 0 Å². The highest BCUT2D eigenvalue weighted by Gasteiger charge is 2.24. The zero-order valence-corrected chi connectivity index (χ0v) is 30.0. The number of hydrogen-bond donors (Lipinski definition) is 0. The second kappa shape index (κ2) is 11.9. The minimum absolute atomic E-state index is 0.838. The largest absolute Gasteiger partial charge is 0.456 e. The van der Waals surface area contributed by atoms with E-state index < -0.39 is 0 Å². The van der Waals surface area contributed by atoms with Gasteiger partial charge in [0, 0.05) is 49.4 Å². The number of hydrogen-bond acceptors (Lipinski definition) is 3. The molecule has 12 aromatic rings. The van der Waals surface area contributed by atoms with Gasteiger partial charge in [-0.15, -0.1) is 5.10 Å². The molecule has 12 rings (SSSR count). The Hall–Kier alpha value is -7.70. The van der Waals surface area contributed by atoms with Gasteiger partial charge >= 0.3 is 0 Å². The quantitative estimate of drug-likeness (QED) is 0.178. The first kappa shape index (κ1) is 30.7. The average Bonchev–Trinajstić information content (AvgIpc) is 4.04. The van der Waals surface area contributed by atoms with Crippen LogP contribution in [0.25, 0.3) is 105 Å². The van der Waals surface area contributed by atoms with Crippen LogP contribution in [-0.2, 0) is 0 Å². The van der Waals surface area contributed by atoms with E-state index in [1.165, 1.54) is 10.8 Å². The molecule has 0 fully saturated rings. The molecular formula is C50H31N5O. The van der Waals surface area contributed by atoms with E-state index in [1.807, 2.05) is 35.0 Å². The highest BCUT2D eigenvalue weighted by Crippen LogP contribution is 2.44. The summed E-state index contributed by atoms with van der Waals surface area (Å²) in [6, 6.07) is 66.2. The van der Waals surface area contributed by atoms with E-state index in [2.05, 4.69) is 167 Å². The van der Waals surface area contributed by atoms with Crippen LogP contribution in [0.15, 0.2) is 192 Å². The Labute approximate surface area is 320 Å². The van der Waals surface area contributed by atoms with E-state index in [-0.39, 0.29) is 0 Å². The number of rotatable bonds is 5. The molecule has 0 aliphatic heterocycles. The van der Waals surface area contributed by atoms with Crippen molar-refractivity contribution in [3.05, 3.63) is 188 Å². The van der Waals surface area contributed by atoms with Crippen LogP contribution in [-0.4, -0.2) is 24.1 Å². The van der Waals surface area contributed by atoms with Gasteiger partial charge in [0.2, 0.25) is 0 Å². The summed E-state index contributed by atoms with van der Waals surface area (Å²) in [7, 11) is 0. The molecule has 6 nitrogen and oxygen atoms in total. The molecule has 0 amide bonds. The zero-order chi connectivity index (χ0) is 36.7. The first-order valence-electron chi connectivity index (χ1n) is 18.9. The van der Waals surface area contributed by atoms with Crippen LogP contribution in [0.1, 0.15) is 0 Å². The van der Waals surface area contributed by atoms with Gasteiger partial charge in [0.05, 0.1) is 33.1 Å². The number of fused-ring (bicyclic) bond motifs is 10. The van der Waals surface area contributed by atoms with E-state index in [0.717, 1.165) is 94.4 Å². The van der Waals surface area contributed by atoms with Gasteiger partial charge in [-0.25, -0.2) is 4.68 Å². The van der Waals surface area contributed by atoms with E-state index in [1.54, 1.807) is 0 Å². The number of nitrogens with zero attached hydrogens (tertiary/aromatic N) is 5. The maximum atomic E-state index is 6.41. The Morgan fingerprint density at radius 1 is 0.411 bits per heavy atom. The normalized spacial score (nSPS) is 11.9. The minimum Gasteiger partial charge on any atom is -0.456 e. The Morgan fingerprint density at radius 3 is 1.86 bits per heavy atom. The number of aromatic nitrogens is 5. The van der Waals surface area contributed by atoms with Gasteiger partial charge in [0.25, 0.3) is 0 Å². The predicted octanol–water partition coefficient (Wildman–Crippen LogP) is 12.7. The van der Waals surface area contributed by atoms with Gasteiger partial charge in [0.15, 0.2) is 0 Å². The van der Waals surface area contributed by atoms with Crippen LogP contribution in [0.4, 0.5) is 0 Å². The average molecular weight is 718 g/mol. The molecule has 0 bridgehead atoms. The summed E-state index contributed by atoms with van der Waals surface area (Å²) in [5.41, 5.74) is 13.3. The zero-order valence-electron chi connectivity index (χ0n) is 30.0. The van der Waals surface area contributed by atoms with Crippen molar-refractivity contribution in [3.8, 4) is 39.6 Å². The molecule has 262 valence electrons. The van der Waals surface area contributed by atoms with Gasteiger partial charge in [-0.1, -0.05) is 127 Å². The van der Waals surface area contributed by atoms with Crippen molar-refractivity contribution < 1.29 is 4.42 Å². The standard InChI is InChI=1S/C50H31N5O/c1-3-15-32(16-4-1)48-50(55(52-51-48)33-17-5-2-6-18-33)40-24-14-27-43-46(40)38-22-8-11-26-42(38)53(43)34-19-13-20-35(31-34)54-41-25-10-7-21-36(41)37-29-30-45-47(49(37)54)39-23-9-12-28-44(39)56-45/h1-31H. The fraction of sp³-hybridized carbons (Fsp3) is 0. The van der Waals surface area contributed by atoms with Crippen molar-refractivity contribution in [2.75, 3.05) is 0 Å². The smallest absolute Gasteiger partial charge is 0.137 e. The van der Waals surface area contributed by atoms with Crippen LogP contribution < -0.4 is 0 Å². The summed E-state index contributed by atoms with van der Waals surface area (Å²) in [5, 5.41) is 16.5. The molecule has 0 aliphatic rings. The lowest BCUT2D eigenvalue weighted by Crippen LogP contribution is -2.00. The van der Waals surface area contributed by atoms with Gasteiger partial charge < -0.3 is 13.6 Å². The number of furan rings is 1. The molecule has 0 spiro atoms. The van der Waals surface area contributed by atoms with Gasteiger partial charge in [0.1, 0.15) is 22.6 Å². The van der Waals surface area contributed by atoms with E-state index >= 15 is 0 Å². The van der Waals surface area contributed by atoms with E-state index in [0.29, 0.717) is 0 Å². The van der Waals surface area contributed by atoms with Crippen molar-refractivity contribution in [2.24, 2.45) is 0 Å². The Balaban J connectivity index is 1.14. The topological polar surface area (TPSA) is 53.7 Å². The predicted molar refractivity (Wildman–Crippen MR) is 228 cm³/mol. The summed E-state index contributed by atoms with van der Waals surface area (Å²) in [5.74, 6) is 0. The molecule has 56 heavy (non-hydrogen) atoms. The third-order valence-corrected chi connectivity index (χ3v) is 11.2. The van der Waals surface area contributed by atoms with E-state index in [4.69, 9.17) is 14.7 Å². The third kappa shape index (κ3) is 4.38. The van der Waals surface area contributed by atoms with Crippen LogP contribution in [0, 0.1) is 0 Å². The summed E-state index contributed by atoms with van der Waals surface area (Å²) in [6.45, 7) is 0. The molecule has 4 aromatic heterocycles. The Kier molecular flexibility index (Phi) is 6.53. The molecule has 0 radical (unpaired) electrons. The molecule has 8 aromatic carbocycles.